The molecule has 9 heteroatoms. The Labute approximate surface area is 133 Å². The minimum absolute atomic E-state index is 0.257. The van der Waals surface area contributed by atoms with Gasteiger partial charge in [0.25, 0.3) is 10.0 Å². The molecule has 0 bridgehead atoms. The minimum Gasteiger partial charge on any atom is -0.279 e. The minimum atomic E-state index is -3.56. The van der Waals surface area contributed by atoms with Crippen LogP contribution in [0.3, 0.4) is 0 Å². The van der Waals surface area contributed by atoms with E-state index in [9.17, 15) is 8.42 Å². The molecule has 0 saturated carbocycles. The summed E-state index contributed by atoms with van der Waals surface area (Å²) in [6.07, 6.45) is 3.15. The van der Waals surface area contributed by atoms with Crippen molar-refractivity contribution >= 4 is 43.0 Å². The summed E-state index contributed by atoms with van der Waals surface area (Å²) in [6.45, 7) is 0. The van der Waals surface area contributed by atoms with E-state index in [1.165, 1.54) is 4.80 Å². The molecule has 0 aliphatic rings. The lowest BCUT2D eigenvalue weighted by Crippen LogP contribution is -2.11. The fourth-order valence-electron chi connectivity index (χ4n) is 1.66. The van der Waals surface area contributed by atoms with Gasteiger partial charge in [0.05, 0.1) is 21.9 Å². The number of hydrogen-bond donors (Lipinski definition) is 1. The molecule has 0 amide bonds. The molecule has 0 spiro atoms. The molecule has 0 fully saturated rings. The number of aromatic nitrogens is 3. The highest BCUT2D eigenvalue weighted by Crippen LogP contribution is 2.27. The molecule has 3 rings (SSSR count). The van der Waals surface area contributed by atoms with Gasteiger partial charge in [0, 0.05) is 5.69 Å². The SMILES string of the molecule is O=S(=O)(Nc1ccc(-n2nccn2)cc1)c1ccc(Br)s1. The Bertz CT molecular complexity index is 842. The fourth-order valence-corrected chi connectivity index (χ4v) is 4.73. The Kier molecular flexibility index (Phi) is 3.79. The third-order valence-electron chi connectivity index (χ3n) is 2.58. The molecule has 0 aliphatic carbocycles. The van der Waals surface area contributed by atoms with Crippen LogP contribution in [-0.2, 0) is 10.0 Å². The molecule has 108 valence electrons. The van der Waals surface area contributed by atoms with Crippen molar-refractivity contribution < 1.29 is 8.42 Å². The van der Waals surface area contributed by atoms with Crippen LogP contribution in [0, 0.1) is 0 Å². The van der Waals surface area contributed by atoms with Crippen LogP contribution >= 0.6 is 27.3 Å². The molecule has 0 atom stereocenters. The van der Waals surface area contributed by atoms with Crippen LogP contribution in [0.4, 0.5) is 5.69 Å². The Morgan fingerprint density at radius 1 is 1.05 bits per heavy atom. The van der Waals surface area contributed by atoms with Gasteiger partial charge in [0.2, 0.25) is 0 Å². The number of rotatable bonds is 4. The van der Waals surface area contributed by atoms with Gasteiger partial charge in [-0.2, -0.15) is 15.0 Å². The van der Waals surface area contributed by atoms with Crippen LogP contribution in [0.1, 0.15) is 0 Å². The maximum atomic E-state index is 12.2. The zero-order chi connectivity index (χ0) is 14.9. The molecule has 2 aromatic heterocycles. The molecule has 1 aromatic carbocycles. The highest BCUT2D eigenvalue weighted by atomic mass is 79.9. The van der Waals surface area contributed by atoms with Crippen molar-refractivity contribution in [1.29, 1.82) is 0 Å². The van der Waals surface area contributed by atoms with Crippen LogP contribution in [0.25, 0.3) is 5.69 Å². The Balaban J connectivity index is 1.82. The van der Waals surface area contributed by atoms with Gasteiger partial charge in [-0.05, 0) is 52.3 Å². The lowest BCUT2D eigenvalue weighted by molar-refractivity contribution is 0.603. The van der Waals surface area contributed by atoms with E-state index >= 15 is 0 Å². The summed E-state index contributed by atoms with van der Waals surface area (Å²) in [6, 6.07) is 10.1. The van der Waals surface area contributed by atoms with Gasteiger partial charge in [-0.15, -0.1) is 11.3 Å². The Morgan fingerprint density at radius 2 is 1.71 bits per heavy atom. The lowest BCUT2D eigenvalue weighted by Gasteiger charge is -2.07. The van der Waals surface area contributed by atoms with Crippen molar-refractivity contribution in [3.63, 3.8) is 0 Å². The molecule has 6 nitrogen and oxygen atoms in total. The second-order valence-electron chi connectivity index (χ2n) is 4.03. The molecular weight excluding hydrogens is 376 g/mol. The fraction of sp³-hybridized carbons (Fsp3) is 0. The van der Waals surface area contributed by atoms with Gasteiger partial charge in [-0.25, -0.2) is 8.42 Å². The molecule has 0 radical (unpaired) electrons. The summed E-state index contributed by atoms with van der Waals surface area (Å²) in [5.74, 6) is 0. The number of nitrogens with one attached hydrogen (secondary N) is 1. The quantitative estimate of drug-likeness (QED) is 0.749. The van der Waals surface area contributed by atoms with Crippen molar-refractivity contribution in [3.8, 4) is 5.69 Å². The maximum Gasteiger partial charge on any atom is 0.271 e. The van der Waals surface area contributed by atoms with Crippen LogP contribution in [0.5, 0.6) is 0 Å². The first-order chi connectivity index (χ1) is 10.0. The second-order valence-corrected chi connectivity index (χ2v) is 8.40. The largest absolute Gasteiger partial charge is 0.279 e. The van der Waals surface area contributed by atoms with Gasteiger partial charge in [-0.1, -0.05) is 0 Å². The third-order valence-corrected chi connectivity index (χ3v) is 6.08. The number of sulfonamides is 1. The maximum absolute atomic E-state index is 12.2. The average Bonchev–Trinajstić information content (AvgIpc) is 3.10. The van der Waals surface area contributed by atoms with Crippen molar-refractivity contribution in [3.05, 3.63) is 52.6 Å². The summed E-state index contributed by atoms with van der Waals surface area (Å²) >= 11 is 4.41. The number of nitrogens with zero attached hydrogens (tertiary/aromatic N) is 3. The van der Waals surface area contributed by atoms with E-state index in [2.05, 4.69) is 30.8 Å². The molecule has 3 aromatic rings. The summed E-state index contributed by atoms with van der Waals surface area (Å²) in [4.78, 5) is 1.45. The van der Waals surface area contributed by atoms with E-state index in [4.69, 9.17) is 0 Å². The Morgan fingerprint density at radius 3 is 2.29 bits per heavy atom. The number of anilines is 1. The van der Waals surface area contributed by atoms with E-state index in [1.54, 1.807) is 48.8 Å². The second kappa shape index (κ2) is 5.58. The highest BCUT2D eigenvalue weighted by molar-refractivity contribution is 9.11. The predicted octanol–water partition coefficient (Wildman–Crippen LogP) is 2.89. The average molecular weight is 385 g/mol. The van der Waals surface area contributed by atoms with Gasteiger partial charge in [0.15, 0.2) is 0 Å². The summed E-state index contributed by atoms with van der Waals surface area (Å²) in [7, 11) is -3.56. The standard InChI is InChI=1S/C12H9BrN4O2S2/c13-11-5-6-12(20-11)21(18,19)16-9-1-3-10(4-2-9)17-14-7-8-15-17/h1-8,16H. The molecule has 0 unspecified atom stereocenters. The van der Waals surface area contributed by atoms with Crippen LogP contribution in [0.15, 0.2) is 56.8 Å². The monoisotopic (exact) mass is 384 g/mol. The predicted molar refractivity (Wildman–Crippen MR) is 84.2 cm³/mol. The van der Waals surface area contributed by atoms with E-state index in [1.807, 2.05) is 0 Å². The van der Waals surface area contributed by atoms with Crippen LogP contribution in [0.2, 0.25) is 0 Å². The van der Waals surface area contributed by atoms with E-state index in [0.29, 0.717) is 5.69 Å². The van der Waals surface area contributed by atoms with E-state index in [0.717, 1.165) is 20.8 Å². The van der Waals surface area contributed by atoms with Crippen molar-refractivity contribution in [2.24, 2.45) is 0 Å². The Hall–Kier alpha value is -1.71. The lowest BCUT2D eigenvalue weighted by atomic mass is 10.3. The van der Waals surface area contributed by atoms with Gasteiger partial charge in [-0.3, -0.25) is 4.72 Å². The normalized spacial score (nSPS) is 11.5. The van der Waals surface area contributed by atoms with Crippen LogP contribution in [-0.4, -0.2) is 23.4 Å². The molecule has 0 aliphatic heterocycles. The summed E-state index contributed by atoms with van der Waals surface area (Å²) in [5, 5.41) is 8.01. The van der Waals surface area contributed by atoms with Gasteiger partial charge < -0.3 is 0 Å². The summed E-state index contributed by atoms with van der Waals surface area (Å²) in [5.41, 5.74) is 1.23. The van der Waals surface area contributed by atoms with Crippen LogP contribution < -0.4 is 4.72 Å². The number of thiophene rings is 1. The first kappa shape index (κ1) is 14.2. The first-order valence-corrected chi connectivity index (χ1v) is 8.89. The summed E-state index contributed by atoms with van der Waals surface area (Å²) < 4.78 is 27.9. The highest BCUT2D eigenvalue weighted by Gasteiger charge is 2.16. The van der Waals surface area contributed by atoms with Crippen molar-refractivity contribution in [2.45, 2.75) is 4.21 Å². The van der Waals surface area contributed by atoms with Gasteiger partial charge in [0.1, 0.15) is 4.21 Å². The molecule has 0 saturated heterocycles. The van der Waals surface area contributed by atoms with Crippen molar-refractivity contribution in [1.82, 2.24) is 15.0 Å². The molecular formula is C12H9BrN4O2S2. The third kappa shape index (κ3) is 3.14. The number of benzene rings is 1. The topological polar surface area (TPSA) is 76.9 Å². The zero-order valence-electron chi connectivity index (χ0n) is 10.5. The number of hydrogen-bond acceptors (Lipinski definition) is 5. The van der Waals surface area contributed by atoms with E-state index in [-0.39, 0.29) is 4.21 Å². The molecule has 1 N–H and O–H groups in total. The zero-order valence-corrected chi connectivity index (χ0v) is 13.7. The van der Waals surface area contributed by atoms with Crippen molar-refractivity contribution in [2.75, 3.05) is 4.72 Å². The molecule has 21 heavy (non-hydrogen) atoms. The molecule has 2 heterocycles. The first-order valence-electron chi connectivity index (χ1n) is 5.79. The van der Waals surface area contributed by atoms with E-state index < -0.39 is 10.0 Å². The smallest absolute Gasteiger partial charge is 0.271 e. The van der Waals surface area contributed by atoms with Gasteiger partial charge >= 0.3 is 0 Å². The number of halogens is 1.